The molecule has 1 fully saturated rings. The number of imidazole rings is 1. The van der Waals surface area contributed by atoms with Crippen LogP contribution in [0.2, 0.25) is 0 Å². The zero-order valence-corrected chi connectivity index (χ0v) is 20.8. The maximum absolute atomic E-state index is 4.87. The number of piperazine rings is 1. The van der Waals surface area contributed by atoms with E-state index in [4.69, 9.17) is 15.0 Å². The first-order valence-electron chi connectivity index (χ1n) is 12.1. The lowest BCUT2D eigenvalue weighted by Crippen LogP contribution is -2.44. The van der Waals surface area contributed by atoms with Crippen molar-refractivity contribution in [3.8, 4) is 0 Å². The summed E-state index contributed by atoms with van der Waals surface area (Å²) < 4.78 is 2.10. The van der Waals surface area contributed by atoms with Crippen molar-refractivity contribution in [2.45, 2.75) is 19.9 Å². The molecule has 3 N–H and O–H groups in total. The number of rotatable bonds is 7. The Bertz CT molecular complexity index is 1270. The molecule has 0 amide bonds. The summed E-state index contributed by atoms with van der Waals surface area (Å²) in [5.41, 5.74) is 4.67. The molecule has 5 rings (SSSR count). The van der Waals surface area contributed by atoms with E-state index < -0.39 is 0 Å². The van der Waals surface area contributed by atoms with Gasteiger partial charge < -0.3 is 25.8 Å². The van der Waals surface area contributed by atoms with Crippen molar-refractivity contribution in [1.29, 1.82) is 0 Å². The number of nitrogens with zero attached hydrogens (tertiary/aromatic N) is 6. The summed E-state index contributed by atoms with van der Waals surface area (Å²) in [7, 11) is 4.03. The van der Waals surface area contributed by atoms with E-state index in [9.17, 15) is 0 Å². The minimum absolute atomic E-state index is 0.154. The largest absolute Gasteiger partial charge is 0.371 e. The zero-order chi connectivity index (χ0) is 24.4. The summed E-state index contributed by atoms with van der Waals surface area (Å²) in [6.45, 7) is 8.53. The quantitative estimate of drug-likeness (QED) is 0.358. The number of para-hydroxylation sites is 1. The van der Waals surface area contributed by atoms with Crippen LogP contribution in [0, 0.1) is 0 Å². The van der Waals surface area contributed by atoms with Gasteiger partial charge in [-0.3, -0.25) is 4.57 Å². The van der Waals surface area contributed by atoms with Crippen molar-refractivity contribution in [3.63, 3.8) is 0 Å². The molecular formula is C26H33N9. The third-order valence-electron chi connectivity index (χ3n) is 6.31. The Morgan fingerprint density at radius 2 is 1.49 bits per heavy atom. The maximum atomic E-state index is 4.87. The Morgan fingerprint density at radius 3 is 2.14 bits per heavy atom. The Balaban J connectivity index is 1.44. The average molecular weight is 472 g/mol. The molecule has 0 unspecified atom stereocenters. The molecule has 0 bridgehead atoms. The molecule has 1 saturated heterocycles. The van der Waals surface area contributed by atoms with Gasteiger partial charge in [0, 0.05) is 56.3 Å². The van der Waals surface area contributed by atoms with Gasteiger partial charge in [0.1, 0.15) is 0 Å². The molecule has 9 nitrogen and oxygen atoms in total. The van der Waals surface area contributed by atoms with Crippen molar-refractivity contribution < 1.29 is 0 Å². The highest BCUT2D eigenvalue weighted by molar-refractivity contribution is 5.87. The topological polar surface area (TPSA) is 86.2 Å². The number of nitrogens with one attached hydrogen (secondary N) is 3. The smallest absolute Gasteiger partial charge is 0.231 e. The molecule has 0 aliphatic carbocycles. The molecule has 2 aromatic carbocycles. The van der Waals surface area contributed by atoms with Gasteiger partial charge in [0.25, 0.3) is 0 Å². The van der Waals surface area contributed by atoms with Crippen molar-refractivity contribution in [3.05, 3.63) is 54.6 Å². The number of fused-ring (bicyclic) bond motifs is 1. The summed E-state index contributed by atoms with van der Waals surface area (Å²) in [6.07, 6.45) is 0. The molecule has 2 aromatic heterocycles. The molecule has 0 saturated carbocycles. The second kappa shape index (κ2) is 9.79. The van der Waals surface area contributed by atoms with Crippen LogP contribution in [0.5, 0.6) is 0 Å². The highest BCUT2D eigenvalue weighted by Crippen LogP contribution is 2.30. The number of hydrogen-bond acceptors (Lipinski definition) is 8. The lowest BCUT2D eigenvalue weighted by Gasteiger charge is -2.34. The first-order valence-corrected chi connectivity index (χ1v) is 12.1. The van der Waals surface area contributed by atoms with Crippen LogP contribution in [0.15, 0.2) is 54.6 Å². The van der Waals surface area contributed by atoms with E-state index in [0.29, 0.717) is 11.8 Å². The molecule has 182 valence electrons. The second-order valence-corrected chi connectivity index (χ2v) is 9.17. The van der Waals surface area contributed by atoms with Crippen LogP contribution in [0.3, 0.4) is 0 Å². The number of benzene rings is 2. The Morgan fingerprint density at radius 1 is 0.800 bits per heavy atom. The summed E-state index contributed by atoms with van der Waals surface area (Å²) in [5, 5.41) is 10.0. The van der Waals surface area contributed by atoms with E-state index in [-0.39, 0.29) is 6.04 Å². The normalized spacial score (nSPS) is 14.5. The van der Waals surface area contributed by atoms with Gasteiger partial charge in [0.15, 0.2) is 17.0 Å². The number of likely N-dealkylation sites (N-methyl/N-ethyl adjacent to an activating group) is 1. The highest BCUT2D eigenvalue weighted by Gasteiger charge is 2.20. The van der Waals surface area contributed by atoms with Gasteiger partial charge in [-0.1, -0.05) is 18.2 Å². The van der Waals surface area contributed by atoms with Crippen LogP contribution in [-0.4, -0.2) is 64.7 Å². The molecule has 0 atom stereocenters. The molecule has 0 spiro atoms. The number of anilines is 6. The van der Waals surface area contributed by atoms with E-state index in [2.05, 4.69) is 75.5 Å². The minimum Gasteiger partial charge on any atom is -0.371 e. The van der Waals surface area contributed by atoms with Crippen molar-refractivity contribution in [2.24, 2.45) is 0 Å². The highest BCUT2D eigenvalue weighted by atomic mass is 15.3. The lowest BCUT2D eigenvalue weighted by atomic mass is 10.2. The van der Waals surface area contributed by atoms with Gasteiger partial charge in [0.2, 0.25) is 11.9 Å². The van der Waals surface area contributed by atoms with Crippen LogP contribution >= 0.6 is 0 Å². The fourth-order valence-electron chi connectivity index (χ4n) is 4.38. The maximum Gasteiger partial charge on any atom is 0.231 e. The lowest BCUT2D eigenvalue weighted by molar-refractivity contribution is 0.313. The fraction of sp³-hybridized carbons (Fsp3) is 0.346. The monoisotopic (exact) mass is 471 g/mol. The van der Waals surface area contributed by atoms with E-state index in [1.807, 2.05) is 37.4 Å². The SMILES string of the molecule is CNc1nc(Nc2ccc(N3CCN(C)CC3)cc2)nc2c1nc(Nc1ccccc1)n2C(C)C. The third-order valence-corrected chi connectivity index (χ3v) is 6.31. The first-order chi connectivity index (χ1) is 17.0. The molecule has 9 heteroatoms. The predicted octanol–water partition coefficient (Wildman–Crippen LogP) is 4.69. The average Bonchev–Trinajstić information content (AvgIpc) is 3.23. The van der Waals surface area contributed by atoms with Crippen molar-refractivity contribution in [1.82, 2.24) is 24.4 Å². The molecule has 0 radical (unpaired) electrons. The molecular weight excluding hydrogens is 438 g/mol. The minimum atomic E-state index is 0.154. The Hall–Kier alpha value is -3.85. The van der Waals surface area contributed by atoms with Crippen LogP contribution in [0.25, 0.3) is 11.2 Å². The van der Waals surface area contributed by atoms with Gasteiger partial charge in [-0.05, 0) is 57.3 Å². The standard InChI is InChI=1S/C26H33N9/c1-18(2)35-24-22(30-26(35)29-19-8-6-5-7-9-19)23(27-3)31-25(32-24)28-20-10-12-21(13-11-20)34-16-14-33(4)15-17-34/h5-13,18H,14-17H2,1-4H3,(H,29,30)(H2,27,28,31,32). The van der Waals surface area contributed by atoms with Gasteiger partial charge in [0.05, 0.1) is 0 Å². The molecule has 3 heterocycles. The van der Waals surface area contributed by atoms with E-state index in [0.717, 1.165) is 54.7 Å². The van der Waals surface area contributed by atoms with Crippen LogP contribution in [0.4, 0.5) is 34.8 Å². The molecule has 1 aliphatic heterocycles. The van der Waals surface area contributed by atoms with Gasteiger partial charge in [-0.15, -0.1) is 0 Å². The van der Waals surface area contributed by atoms with Crippen molar-refractivity contribution in [2.75, 3.05) is 61.1 Å². The summed E-state index contributed by atoms with van der Waals surface area (Å²) >= 11 is 0. The Labute approximate surface area is 206 Å². The predicted molar refractivity (Wildman–Crippen MR) is 144 cm³/mol. The number of hydrogen-bond donors (Lipinski definition) is 3. The van der Waals surface area contributed by atoms with Crippen LogP contribution in [0.1, 0.15) is 19.9 Å². The van der Waals surface area contributed by atoms with Crippen LogP contribution in [-0.2, 0) is 0 Å². The van der Waals surface area contributed by atoms with Gasteiger partial charge in [-0.25, -0.2) is 4.98 Å². The van der Waals surface area contributed by atoms with Crippen molar-refractivity contribution >= 4 is 45.9 Å². The van der Waals surface area contributed by atoms with Gasteiger partial charge in [-0.2, -0.15) is 9.97 Å². The van der Waals surface area contributed by atoms with Crippen LogP contribution < -0.4 is 20.9 Å². The fourth-order valence-corrected chi connectivity index (χ4v) is 4.38. The Kier molecular flexibility index (Phi) is 6.41. The summed E-state index contributed by atoms with van der Waals surface area (Å²) in [5.74, 6) is 1.95. The van der Waals surface area contributed by atoms with E-state index >= 15 is 0 Å². The third kappa shape index (κ3) is 4.85. The summed E-state index contributed by atoms with van der Waals surface area (Å²) in [6, 6.07) is 18.7. The zero-order valence-electron chi connectivity index (χ0n) is 20.8. The first kappa shape index (κ1) is 22.9. The van der Waals surface area contributed by atoms with E-state index in [1.165, 1.54) is 5.69 Å². The van der Waals surface area contributed by atoms with Gasteiger partial charge >= 0.3 is 0 Å². The molecule has 4 aromatic rings. The summed E-state index contributed by atoms with van der Waals surface area (Å²) in [4.78, 5) is 19.2. The molecule has 1 aliphatic rings. The van der Waals surface area contributed by atoms with E-state index in [1.54, 1.807) is 0 Å². The number of aromatic nitrogens is 4. The molecule has 35 heavy (non-hydrogen) atoms. The second-order valence-electron chi connectivity index (χ2n) is 9.17.